The lowest BCUT2D eigenvalue weighted by atomic mass is 9.78. The van der Waals surface area contributed by atoms with Gasteiger partial charge in [0.25, 0.3) is 0 Å². The van der Waals surface area contributed by atoms with Crippen molar-refractivity contribution in [2.45, 2.75) is 75.9 Å². The average Bonchev–Trinajstić information content (AvgIpc) is 3.38. The SMILES string of the molecule is Cl.Cl.NC1CC(c2cc(NCc3nnc4n3CCCC4)nc(C3CC3)n2)C1. The van der Waals surface area contributed by atoms with Crippen molar-refractivity contribution in [1.29, 1.82) is 0 Å². The van der Waals surface area contributed by atoms with Gasteiger partial charge in [-0.1, -0.05) is 0 Å². The standard InChI is InChI=1S/C18H25N7.2ClH/c19-13-7-12(8-13)14-9-15(22-18(21-14)11-4-5-11)20-10-17-24-23-16-3-1-2-6-25(16)17;;/h9,11-13H,1-8,10,19H2,(H,20,21,22);2*1H. The fourth-order valence-corrected chi connectivity index (χ4v) is 3.88. The zero-order chi connectivity index (χ0) is 16.8. The van der Waals surface area contributed by atoms with E-state index in [1.54, 1.807) is 0 Å². The normalized spacial score (nSPS) is 23.4. The maximum Gasteiger partial charge on any atom is 0.152 e. The lowest BCUT2D eigenvalue weighted by Gasteiger charge is -2.32. The summed E-state index contributed by atoms with van der Waals surface area (Å²) in [5.41, 5.74) is 7.12. The number of fused-ring (bicyclic) bond motifs is 1. The number of aromatic nitrogens is 5. The summed E-state index contributed by atoms with van der Waals surface area (Å²) in [7, 11) is 0. The zero-order valence-corrected chi connectivity index (χ0v) is 16.9. The first kappa shape index (κ1) is 20.3. The van der Waals surface area contributed by atoms with Crippen molar-refractivity contribution < 1.29 is 0 Å². The summed E-state index contributed by atoms with van der Waals surface area (Å²) in [6.07, 6.45) is 7.98. The van der Waals surface area contributed by atoms with Crippen LogP contribution in [0.2, 0.25) is 0 Å². The van der Waals surface area contributed by atoms with Crippen LogP contribution in [0.4, 0.5) is 5.82 Å². The molecule has 2 fully saturated rings. The van der Waals surface area contributed by atoms with Gasteiger partial charge in [0.05, 0.1) is 6.54 Å². The minimum absolute atomic E-state index is 0. The topological polar surface area (TPSA) is 94.5 Å². The lowest BCUT2D eigenvalue weighted by Crippen LogP contribution is -2.35. The van der Waals surface area contributed by atoms with Crippen LogP contribution in [0.15, 0.2) is 6.07 Å². The highest BCUT2D eigenvalue weighted by Gasteiger charge is 2.32. The van der Waals surface area contributed by atoms with Crippen molar-refractivity contribution in [1.82, 2.24) is 24.7 Å². The second-order valence-electron chi connectivity index (χ2n) is 7.73. The maximum atomic E-state index is 5.97. The predicted octanol–water partition coefficient (Wildman–Crippen LogP) is 2.94. The highest BCUT2D eigenvalue weighted by molar-refractivity contribution is 5.85. The third kappa shape index (κ3) is 4.20. The van der Waals surface area contributed by atoms with E-state index >= 15 is 0 Å². The number of anilines is 1. The van der Waals surface area contributed by atoms with Crippen molar-refractivity contribution in [3.05, 3.63) is 29.2 Å². The summed E-state index contributed by atoms with van der Waals surface area (Å²) < 4.78 is 2.26. The highest BCUT2D eigenvalue weighted by Crippen LogP contribution is 2.41. The molecule has 7 nitrogen and oxygen atoms in total. The van der Waals surface area contributed by atoms with Crippen LogP contribution >= 0.6 is 24.8 Å². The number of rotatable bonds is 5. The molecule has 0 aromatic carbocycles. The molecular formula is C18H27Cl2N7. The molecule has 0 unspecified atom stereocenters. The van der Waals surface area contributed by atoms with Crippen LogP contribution in [0, 0.1) is 0 Å². The lowest BCUT2D eigenvalue weighted by molar-refractivity contribution is 0.344. The summed E-state index contributed by atoms with van der Waals surface area (Å²) in [6, 6.07) is 2.44. The number of nitrogens with two attached hydrogens (primary N) is 1. The molecule has 0 spiro atoms. The van der Waals surface area contributed by atoms with Crippen LogP contribution in [0.5, 0.6) is 0 Å². The summed E-state index contributed by atoms with van der Waals surface area (Å²) in [5.74, 6) is 5.10. The second kappa shape index (κ2) is 8.29. The second-order valence-corrected chi connectivity index (χ2v) is 7.73. The summed E-state index contributed by atoms with van der Waals surface area (Å²) in [4.78, 5) is 9.58. The Bertz CT molecular complexity index is 784. The predicted molar refractivity (Wildman–Crippen MR) is 109 cm³/mol. The molecule has 3 aliphatic rings. The van der Waals surface area contributed by atoms with Gasteiger partial charge in [0.15, 0.2) is 5.82 Å². The first-order valence-corrected chi connectivity index (χ1v) is 9.55. The number of hydrogen-bond acceptors (Lipinski definition) is 6. The van der Waals surface area contributed by atoms with Crippen LogP contribution in [0.3, 0.4) is 0 Å². The Labute approximate surface area is 171 Å². The monoisotopic (exact) mass is 411 g/mol. The molecule has 3 heterocycles. The van der Waals surface area contributed by atoms with Gasteiger partial charge in [-0.3, -0.25) is 0 Å². The van der Waals surface area contributed by atoms with Gasteiger partial charge in [-0.05, 0) is 38.5 Å². The largest absolute Gasteiger partial charge is 0.363 e. The first-order valence-electron chi connectivity index (χ1n) is 9.55. The molecule has 0 amide bonds. The van der Waals surface area contributed by atoms with E-state index < -0.39 is 0 Å². The third-order valence-electron chi connectivity index (χ3n) is 5.66. The summed E-state index contributed by atoms with van der Waals surface area (Å²) in [5, 5.41) is 12.2. The van der Waals surface area contributed by atoms with Crippen molar-refractivity contribution in [2.75, 3.05) is 5.32 Å². The molecule has 0 radical (unpaired) electrons. The third-order valence-corrected chi connectivity index (χ3v) is 5.66. The molecule has 27 heavy (non-hydrogen) atoms. The Hall–Kier alpha value is -1.44. The quantitative estimate of drug-likeness (QED) is 0.784. The fourth-order valence-electron chi connectivity index (χ4n) is 3.88. The van der Waals surface area contributed by atoms with Crippen LogP contribution in [0.25, 0.3) is 0 Å². The molecule has 148 valence electrons. The molecule has 2 aromatic rings. The smallest absolute Gasteiger partial charge is 0.152 e. The minimum Gasteiger partial charge on any atom is -0.363 e. The van der Waals surface area contributed by atoms with Gasteiger partial charge < -0.3 is 15.6 Å². The van der Waals surface area contributed by atoms with E-state index in [0.717, 1.165) is 54.8 Å². The molecular weight excluding hydrogens is 385 g/mol. The van der Waals surface area contributed by atoms with Gasteiger partial charge in [-0.15, -0.1) is 35.0 Å². The number of nitrogens with one attached hydrogen (secondary N) is 1. The highest BCUT2D eigenvalue weighted by atomic mass is 35.5. The van der Waals surface area contributed by atoms with Gasteiger partial charge in [0.2, 0.25) is 0 Å². The summed E-state index contributed by atoms with van der Waals surface area (Å²) >= 11 is 0. The fraction of sp³-hybridized carbons (Fsp3) is 0.667. The molecule has 3 N–H and O–H groups in total. The zero-order valence-electron chi connectivity index (χ0n) is 15.3. The van der Waals surface area contributed by atoms with Gasteiger partial charge >= 0.3 is 0 Å². The van der Waals surface area contributed by atoms with E-state index in [1.165, 1.54) is 25.7 Å². The number of halogens is 2. The molecule has 2 aliphatic carbocycles. The molecule has 2 saturated carbocycles. The van der Waals surface area contributed by atoms with Crippen molar-refractivity contribution in [2.24, 2.45) is 5.73 Å². The molecule has 2 aromatic heterocycles. The Morgan fingerprint density at radius 1 is 1.07 bits per heavy atom. The molecule has 0 atom stereocenters. The van der Waals surface area contributed by atoms with E-state index in [-0.39, 0.29) is 24.8 Å². The molecule has 1 aliphatic heterocycles. The maximum absolute atomic E-state index is 5.97. The molecule has 0 saturated heterocycles. The number of hydrogen-bond donors (Lipinski definition) is 2. The number of nitrogens with zero attached hydrogens (tertiary/aromatic N) is 5. The van der Waals surface area contributed by atoms with E-state index in [9.17, 15) is 0 Å². The summed E-state index contributed by atoms with van der Waals surface area (Å²) in [6.45, 7) is 1.69. The van der Waals surface area contributed by atoms with E-state index in [0.29, 0.717) is 24.4 Å². The Morgan fingerprint density at radius 2 is 1.89 bits per heavy atom. The minimum atomic E-state index is 0. The van der Waals surface area contributed by atoms with Gasteiger partial charge in [-0.2, -0.15) is 0 Å². The first-order chi connectivity index (χ1) is 12.3. The van der Waals surface area contributed by atoms with Gasteiger partial charge in [0, 0.05) is 42.6 Å². The van der Waals surface area contributed by atoms with Crippen LogP contribution in [-0.2, 0) is 19.5 Å². The molecule has 9 heteroatoms. The van der Waals surface area contributed by atoms with E-state index in [4.69, 9.17) is 15.7 Å². The number of aryl methyl sites for hydroxylation is 1. The molecule has 0 bridgehead atoms. The van der Waals surface area contributed by atoms with E-state index in [2.05, 4.69) is 26.1 Å². The average molecular weight is 412 g/mol. The van der Waals surface area contributed by atoms with Crippen LogP contribution < -0.4 is 11.1 Å². The van der Waals surface area contributed by atoms with Gasteiger partial charge in [0.1, 0.15) is 17.5 Å². The molecule has 5 rings (SSSR count). The van der Waals surface area contributed by atoms with Crippen molar-refractivity contribution in [3.63, 3.8) is 0 Å². The van der Waals surface area contributed by atoms with Crippen molar-refractivity contribution >= 4 is 30.6 Å². The Balaban J connectivity index is 0.00000105. The Kier molecular flexibility index (Phi) is 6.23. The van der Waals surface area contributed by atoms with Crippen LogP contribution in [0.1, 0.15) is 73.5 Å². The van der Waals surface area contributed by atoms with E-state index in [1.807, 2.05) is 0 Å². The van der Waals surface area contributed by atoms with Crippen molar-refractivity contribution in [3.8, 4) is 0 Å². The van der Waals surface area contributed by atoms with Gasteiger partial charge in [-0.25, -0.2) is 9.97 Å². The Morgan fingerprint density at radius 3 is 2.63 bits per heavy atom. The van der Waals surface area contributed by atoms with Crippen LogP contribution in [-0.4, -0.2) is 30.8 Å².